The lowest BCUT2D eigenvalue weighted by Gasteiger charge is -2.34. The highest BCUT2D eigenvalue weighted by Gasteiger charge is 2.54. The molecule has 4 N–H and O–H groups in total. The number of carbonyl (C=O) groups is 4. The molecule has 0 unspecified atom stereocenters. The van der Waals surface area contributed by atoms with Crippen LogP contribution in [0, 0.1) is 0 Å². The van der Waals surface area contributed by atoms with Gasteiger partial charge in [0, 0.05) is 48.9 Å². The van der Waals surface area contributed by atoms with Gasteiger partial charge in [-0.25, -0.2) is 19.7 Å². The van der Waals surface area contributed by atoms with Gasteiger partial charge in [-0.3, -0.25) is 14.4 Å². The van der Waals surface area contributed by atoms with Crippen molar-refractivity contribution in [2.75, 3.05) is 41.7 Å². The highest BCUT2D eigenvalue weighted by molar-refractivity contribution is 6.41. The Morgan fingerprint density at radius 3 is 2.18 bits per heavy atom. The second-order valence-electron chi connectivity index (χ2n) is 12.4. The van der Waals surface area contributed by atoms with Gasteiger partial charge in [-0.15, -0.1) is 0 Å². The van der Waals surface area contributed by atoms with Crippen molar-refractivity contribution >= 4 is 40.9 Å². The average Bonchev–Trinajstić information content (AvgIpc) is 3.14. The van der Waals surface area contributed by atoms with Crippen LogP contribution in [0.3, 0.4) is 0 Å². The molecule has 2 aromatic heterocycles. The summed E-state index contributed by atoms with van der Waals surface area (Å²) >= 11 is 0. The van der Waals surface area contributed by atoms with Gasteiger partial charge in [-0.1, -0.05) is 19.1 Å². The molecule has 1 amide bonds. The molecular formula is C34H34F9N7O5. The molecule has 298 valence electrons. The zero-order valence-corrected chi connectivity index (χ0v) is 28.8. The Labute approximate surface area is 306 Å². The lowest BCUT2D eigenvalue weighted by Crippen LogP contribution is -2.45. The van der Waals surface area contributed by atoms with E-state index in [0.717, 1.165) is 80.3 Å². The third-order valence-corrected chi connectivity index (χ3v) is 8.65. The molecule has 0 spiro atoms. The van der Waals surface area contributed by atoms with E-state index in [4.69, 9.17) is 4.98 Å². The number of Topliss-reactive ketones (excluding diaryl/α,β-unsaturated/α-hetero) is 2. The Morgan fingerprint density at radius 1 is 0.945 bits per heavy atom. The number of anilines is 3. The molecule has 21 heteroatoms. The van der Waals surface area contributed by atoms with Crippen molar-refractivity contribution in [1.82, 2.24) is 20.3 Å². The van der Waals surface area contributed by atoms with Crippen LogP contribution in [0.15, 0.2) is 42.7 Å². The first kappa shape index (κ1) is 42.2. The minimum Gasteiger partial charge on any atom is -0.480 e. The number of alkyl halides is 9. The molecule has 55 heavy (non-hydrogen) atoms. The SMILES string of the molecule is CCc1c(NC[C@H](NC(=O)c2cccc(C(F)(F)F)c2)C(=O)O)ncnc1N1CCC(c2ccc3c(n2)NCCC3)CC1.O=C(C(=O)C(F)(F)F)C(F)(F)F. The van der Waals surface area contributed by atoms with E-state index in [1.54, 1.807) is 0 Å². The number of amides is 1. The summed E-state index contributed by atoms with van der Waals surface area (Å²) in [5, 5.41) is 18.4. The summed E-state index contributed by atoms with van der Waals surface area (Å²) in [4.78, 5) is 59.7. The molecular weight excluding hydrogens is 757 g/mol. The fourth-order valence-corrected chi connectivity index (χ4v) is 5.85. The number of hydrogen-bond donors (Lipinski definition) is 4. The maximum atomic E-state index is 13.1. The number of benzene rings is 1. The monoisotopic (exact) mass is 791 g/mol. The van der Waals surface area contributed by atoms with Crippen LogP contribution in [0.25, 0.3) is 0 Å². The summed E-state index contributed by atoms with van der Waals surface area (Å²) in [6, 6.07) is 6.74. The molecule has 1 atom stereocenters. The summed E-state index contributed by atoms with van der Waals surface area (Å²) in [6.07, 6.45) is -10.2. The van der Waals surface area contributed by atoms with Crippen LogP contribution in [-0.2, 0) is 33.4 Å². The number of pyridine rings is 1. The summed E-state index contributed by atoms with van der Waals surface area (Å²) in [6.45, 7) is 4.20. The fourth-order valence-electron chi connectivity index (χ4n) is 5.85. The van der Waals surface area contributed by atoms with Gasteiger partial charge in [0.1, 0.15) is 29.8 Å². The predicted octanol–water partition coefficient (Wildman–Crippen LogP) is 5.74. The zero-order chi connectivity index (χ0) is 40.7. The number of carbonyl (C=O) groups excluding carboxylic acids is 3. The average molecular weight is 792 g/mol. The molecule has 1 saturated heterocycles. The van der Waals surface area contributed by atoms with Gasteiger partial charge in [0.2, 0.25) is 0 Å². The van der Waals surface area contributed by atoms with Crippen LogP contribution < -0.4 is 20.9 Å². The summed E-state index contributed by atoms with van der Waals surface area (Å²) in [5.74, 6) is -6.54. The number of nitrogens with one attached hydrogen (secondary N) is 3. The van der Waals surface area contributed by atoms with Crippen molar-refractivity contribution in [3.8, 4) is 0 Å². The first-order valence-corrected chi connectivity index (χ1v) is 16.7. The van der Waals surface area contributed by atoms with E-state index in [2.05, 4.69) is 43.0 Å². The Kier molecular flexibility index (Phi) is 13.3. The molecule has 1 fully saturated rings. The molecule has 5 rings (SSSR count). The van der Waals surface area contributed by atoms with Crippen molar-refractivity contribution in [2.45, 2.75) is 69.5 Å². The minimum absolute atomic E-state index is 0.233. The molecule has 4 heterocycles. The molecule has 1 aromatic carbocycles. The number of halogens is 9. The minimum atomic E-state index is -5.77. The number of hydrogen-bond acceptors (Lipinski definition) is 10. The fraction of sp³-hybridized carbons (Fsp3) is 0.441. The lowest BCUT2D eigenvalue weighted by molar-refractivity contribution is -0.193. The molecule has 3 aromatic rings. The molecule has 0 radical (unpaired) electrons. The number of carboxylic acid groups (broad SMARTS) is 1. The van der Waals surface area contributed by atoms with Crippen LogP contribution in [0.5, 0.6) is 0 Å². The first-order valence-electron chi connectivity index (χ1n) is 16.7. The highest BCUT2D eigenvalue weighted by atomic mass is 19.4. The second-order valence-corrected chi connectivity index (χ2v) is 12.4. The highest BCUT2D eigenvalue weighted by Crippen LogP contribution is 2.34. The van der Waals surface area contributed by atoms with Crippen LogP contribution >= 0.6 is 0 Å². The van der Waals surface area contributed by atoms with Crippen molar-refractivity contribution < 1.29 is 63.8 Å². The number of nitrogens with zero attached hydrogens (tertiary/aromatic N) is 4. The van der Waals surface area contributed by atoms with E-state index in [1.165, 1.54) is 18.0 Å². The normalized spacial score (nSPS) is 15.4. The van der Waals surface area contributed by atoms with Crippen LogP contribution in [0.1, 0.15) is 64.8 Å². The van der Waals surface area contributed by atoms with Crippen LogP contribution in [0.4, 0.5) is 57.0 Å². The lowest BCUT2D eigenvalue weighted by atomic mass is 9.92. The third kappa shape index (κ3) is 11.0. The van der Waals surface area contributed by atoms with E-state index in [1.807, 2.05) is 6.92 Å². The number of carboxylic acids is 1. The van der Waals surface area contributed by atoms with Gasteiger partial charge in [-0.05, 0) is 61.9 Å². The van der Waals surface area contributed by atoms with Crippen molar-refractivity contribution in [1.29, 1.82) is 0 Å². The van der Waals surface area contributed by atoms with Gasteiger partial charge in [0.05, 0.1) is 5.56 Å². The van der Waals surface area contributed by atoms with Crippen LogP contribution in [-0.4, -0.2) is 88.1 Å². The summed E-state index contributed by atoms with van der Waals surface area (Å²) in [7, 11) is 0. The number of aryl methyl sites for hydroxylation is 1. The molecule has 0 bridgehead atoms. The molecule has 0 aliphatic carbocycles. The van der Waals surface area contributed by atoms with Gasteiger partial charge in [0.15, 0.2) is 0 Å². The van der Waals surface area contributed by atoms with Crippen molar-refractivity contribution in [3.05, 3.63) is 70.7 Å². The van der Waals surface area contributed by atoms with E-state index in [9.17, 15) is 63.8 Å². The summed E-state index contributed by atoms with van der Waals surface area (Å²) < 4.78 is 106. The van der Waals surface area contributed by atoms with Crippen molar-refractivity contribution in [2.24, 2.45) is 0 Å². The van der Waals surface area contributed by atoms with E-state index < -0.39 is 53.6 Å². The standard InChI is InChI=1S/C30H34F3N7O3.C4F6O2/c1-2-22-26(35-16-24(29(42)43)39-28(41)20-5-3-7-21(15-20)30(31,32)33)36-17-37-27(22)40-13-10-18(11-14-40)23-9-8-19-6-4-12-34-25(19)38-23;5-3(6,7)1(11)2(12)4(8,9)10/h3,5,7-9,15,17-18,24H,2,4,6,10-14,16H2,1H3,(H,34,38)(H,39,41)(H,42,43)(H,35,36,37);/t24-;/m0./s1. The van der Waals surface area contributed by atoms with E-state index >= 15 is 0 Å². The summed E-state index contributed by atoms with van der Waals surface area (Å²) in [5.41, 5.74) is 1.89. The number of ketones is 2. The topological polar surface area (TPSA) is 167 Å². The van der Waals surface area contributed by atoms with Gasteiger partial charge >= 0.3 is 36.1 Å². The number of aliphatic carboxylic acids is 1. The Balaban J connectivity index is 0.000000484. The Morgan fingerprint density at radius 2 is 1.60 bits per heavy atom. The molecule has 2 aliphatic rings. The smallest absolute Gasteiger partial charge is 0.458 e. The third-order valence-electron chi connectivity index (χ3n) is 8.65. The first-order chi connectivity index (χ1) is 25.7. The Hall–Kier alpha value is -5.50. The maximum absolute atomic E-state index is 13.1. The van der Waals surface area contributed by atoms with Gasteiger partial charge < -0.3 is 26.0 Å². The maximum Gasteiger partial charge on any atom is 0.458 e. The van der Waals surface area contributed by atoms with Gasteiger partial charge in [-0.2, -0.15) is 39.5 Å². The Bertz CT molecular complexity index is 1850. The quantitative estimate of drug-likeness (QED) is 0.146. The molecule has 0 saturated carbocycles. The molecule has 2 aliphatic heterocycles. The van der Waals surface area contributed by atoms with E-state index in [-0.39, 0.29) is 12.1 Å². The largest absolute Gasteiger partial charge is 0.480 e. The van der Waals surface area contributed by atoms with Crippen molar-refractivity contribution in [3.63, 3.8) is 0 Å². The van der Waals surface area contributed by atoms with Crippen LogP contribution in [0.2, 0.25) is 0 Å². The molecule has 12 nitrogen and oxygen atoms in total. The number of aromatic nitrogens is 3. The number of piperidine rings is 1. The second kappa shape index (κ2) is 17.3. The number of fused-ring (bicyclic) bond motifs is 1. The zero-order valence-electron chi connectivity index (χ0n) is 28.8. The predicted molar refractivity (Wildman–Crippen MR) is 178 cm³/mol. The van der Waals surface area contributed by atoms with E-state index in [0.29, 0.717) is 24.2 Å². The number of rotatable bonds is 10. The van der Waals surface area contributed by atoms with Gasteiger partial charge in [0.25, 0.3) is 5.91 Å².